The normalized spacial score (nSPS) is 34.8. The van der Waals surface area contributed by atoms with E-state index >= 15 is 0 Å². The Bertz CT molecular complexity index is 1250. The van der Waals surface area contributed by atoms with Crippen LogP contribution < -0.4 is 15.4 Å². The highest BCUT2D eigenvalue weighted by atomic mass is 16.5. The maximum absolute atomic E-state index is 13.0. The molecule has 7 rings (SSSR count). The number of nitrogens with one attached hydrogen (secondary N) is 2. The summed E-state index contributed by atoms with van der Waals surface area (Å²) in [4.78, 5) is 15.8. The Morgan fingerprint density at radius 1 is 1.15 bits per heavy atom. The Morgan fingerprint density at radius 3 is 2.74 bits per heavy atom. The van der Waals surface area contributed by atoms with Crippen LogP contribution in [-0.2, 0) is 16.6 Å². The van der Waals surface area contributed by atoms with Gasteiger partial charge in [-0.15, -0.1) is 0 Å². The van der Waals surface area contributed by atoms with Crippen molar-refractivity contribution >= 4 is 11.7 Å². The Morgan fingerprint density at radius 2 is 1.97 bits per heavy atom. The fourth-order valence-electron chi connectivity index (χ4n) is 8.65. The predicted molar refractivity (Wildman–Crippen MR) is 150 cm³/mol. The number of benzene rings is 2. The van der Waals surface area contributed by atoms with Crippen molar-refractivity contribution in [1.82, 2.24) is 10.2 Å². The number of amides is 2. The van der Waals surface area contributed by atoms with Gasteiger partial charge in [0.1, 0.15) is 12.2 Å². The summed E-state index contributed by atoms with van der Waals surface area (Å²) >= 11 is 0. The lowest BCUT2D eigenvalue weighted by Crippen LogP contribution is -2.56. The molecule has 0 radical (unpaired) electrons. The van der Waals surface area contributed by atoms with Gasteiger partial charge in [-0.3, -0.25) is 4.90 Å². The molecule has 7 nitrogen and oxygen atoms in total. The zero-order valence-corrected chi connectivity index (χ0v) is 23.1. The molecule has 208 valence electrons. The van der Waals surface area contributed by atoms with Crippen molar-refractivity contribution in [2.75, 3.05) is 32.1 Å². The molecule has 39 heavy (non-hydrogen) atoms. The number of para-hydroxylation sites is 1. The largest absolute Gasteiger partial charge is 0.504 e. The number of urea groups is 1. The Balaban J connectivity index is 1.26. The molecule has 7 heteroatoms. The van der Waals surface area contributed by atoms with Crippen LogP contribution in [-0.4, -0.2) is 61.0 Å². The number of carbonyl (C=O) groups excluding carboxylic acids is 1. The molecule has 6 atom stereocenters. The lowest BCUT2D eigenvalue weighted by Gasteiger charge is -2.44. The van der Waals surface area contributed by atoms with E-state index in [1.54, 1.807) is 7.11 Å². The lowest BCUT2D eigenvalue weighted by atomic mass is 9.65. The third-order valence-corrected chi connectivity index (χ3v) is 10.5. The Kier molecular flexibility index (Phi) is 6.08. The first kappa shape index (κ1) is 25.2. The number of phenolic OH excluding ortho intramolecular Hbond substituents is 1. The number of aryl methyl sites for hydroxylation is 1. The van der Waals surface area contributed by atoms with Gasteiger partial charge in [-0.1, -0.05) is 31.2 Å². The number of phenols is 1. The quantitative estimate of drug-likeness (QED) is 0.485. The van der Waals surface area contributed by atoms with E-state index in [0.29, 0.717) is 24.3 Å². The van der Waals surface area contributed by atoms with Crippen LogP contribution in [0.25, 0.3) is 0 Å². The maximum atomic E-state index is 13.0. The minimum absolute atomic E-state index is 0.199. The van der Waals surface area contributed by atoms with Crippen LogP contribution in [0.15, 0.2) is 42.5 Å². The van der Waals surface area contributed by atoms with Crippen LogP contribution in [0.3, 0.4) is 0 Å². The smallest absolute Gasteiger partial charge is 0.319 e. The average molecular weight is 532 g/mol. The van der Waals surface area contributed by atoms with Crippen molar-refractivity contribution in [3.05, 3.63) is 53.6 Å². The molecule has 2 amide bonds. The summed E-state index contributed by atoms with van der Waals surface area (Å²) in [6, 6.07) is 13.8. The highest BCUT2D eigenvalue weighted by Gasteiger charge is 2.63. The van der Waals surface area contributed by atoms with Gasteiger partial charge in [-0.05, 0) is 87.1 Å². The molecule has 2 saturated carbocycles. The van der Waals surface area contributed by atoms with Gasteiger partial charge in [0.25, 0.3) is 0 Å². The molecule has 3 N–H and O–H groups in total. The molecule has 6 unspecified atom stereocenters. The zero-order chi connectivity index (χ0) is 26.8. The van der Waals surface area contributed by atoms with Crippen LogP contribution >= 0.6 is 0 Å². The fourth-order valence-corrected chi connectivity index (χ4v) is 8.65. The van der Waals surface area contributed by atoms with E-state index in [4.69, 9.17) is 9.47 Å². The van der Waals surface area contributed by atoms with E-state index in [1.807, 2.05) is 36.4 Å². The van der Waals surface area contributed by atoms with Crippen molar-refractivity contribution in [3.8, 4) is 11.5 Å². The summed E-state index contributed by atoms with van der Waals surface area (Å²) in [5.74, 6) is 2.21. The van der Waals surface area contributed by atoms with E-state index < -0.39 is 0 Å². The maximum Gasteiger partial charge on any atom is 0.319 e. The standard InChI is InChI=1S/C32H41N3O4/c1-31(19-33-30(37)34-23-6-4-3-5-7-23)16-22-17-32-14-15-35(18-20-8-9-20)24(22)12-10-21-11-13-25(36)27(26(21)32)39-29(32)28(31)38-2/h3-7,11,13,20,22,24,28-29,36H,8-10,12,14-19H2,1-2H3,(H2,33,34,37). The third-order valence-electron chi connectivity index (χ3n) is 10.5. The lowest BCUT2D eigenvalue weighted by molar-refractivity contribution is -0.0869. The molecule has 2 aromatic rings. The van der Waals surface area contributed by atoms with Crippen LogP contribution in [0.4, 0.5) is 10.5 Å². The summed E-state index contributed by atoms with van der Waals surface area (Å²) in [5.41, 5.74) is 2.81. The van der Waals surface area contributed by atoms with E-state index in [2.05, 4.69) is 28.5 Å². The number of rotatable bonds is 6. The highest BCUT2D eigenvalue weighted by Crippen LogP contribution is 2.62. The van der Waals surface area contributed by atoms with Crippen LogP contribution in [0, 0.1) is 17.3 Å². The number of anilines is 1. The highest BCUT2D eigenvalue weighted by molar-refractivity contribution is 5.89. The van der Waals surface area contributed by atoms with E-state index in [0.717, 1.165) is 50.3 Å². The molecular formula is C32H41N3O4. The second kappa shape index (κ2) is 9.41. The molecule has 3 aliphatic carbocycles. The molecule has 5 aliphatic rings. The summed E-state index contributed by atoms with van der Waals surface area (Å²) in [6.45, 7) is 5.01. The number of methoxy groups -OCH3 is 1. The summed E-state index contributed by atoms with van der Waals surface area (Å²) in [7, 11) is 1.79. The van der Waals surface area contributed by atoms with Crippen LogP contribution in [0.1, 0.15) is 56.6 Å². The fraction of sp³-hybridized carbons (Fsp3) is 0.594. The Hall–Kier alpha value is -2.77. The molecule has 3 bridgehead atoms. The number of hydrogen-bond donors (Lipinski definition) is 3. The molecular weight excluding hydrogens is 490 g/mol. The van der Waals surface area contributed by atoms with Gasteiger partial charge in [0, 0.05) is 48.3 Å². The zero-order valence-electron chi connectivity index (χ0n) is 23.1. The molecule has 2 aromatic carbocycles. The molecule has 2 aliphatic heterocycles. The average Bonchev–Trinajstić information content (AvgIpc) is 3.70. The van der Waals surface area contributed by atoms with Gasteiger partial charge < -0.3 is 25.2 Å². The number of hydrogen-bond acceptors (Lipinski definition) is 5. The van der Waals surface area contributed by atoms with Crippen molar-refractivity contribution in [2.24, 2.45) is 17.3 Å². The first-order chi connectivity index (χ1) is 18.9. The molecule has 3 fully saturated rings. The van der Waals surface area contributed by atoms with Gasteiger partial charge in [-0.25, -0.2) is 4.79 Å². The SMILES string of the molecule is COC1C2Oc3c(O)ccc4c3C23CCN(CC2CC2)C(CC4)C(CC1(C)CNC(=O)Nc1ccccc1)C3. The van der Waals surface area contributed by atoms with Crippen molar-refractivity contribution in [2.45, 2.75) is 75.5 Å². The number of nitrogens with zero attached hydrogens (tertiary/aromatic N) is 1. The molecule has 1 saturated heterocycles. The van der Waals surface area contributed by atoms with Crippen LogP contribution in [0.2, 0.25) is 0 Å². The summed E-state index contributed by atoms with van der Waals surface area (Å²) < 4.78 is 13.2. The summed E-state index contributed by atoms with van der Waals surface area (Å²) in [5, 5.41) is 17.1. The first-order valence-electron chi connectivity index (χ1n) is 14.8. The van der Waals surface area contributed by atoms with Crippen molar-refractivity contribution in [1.29, 1.82) is 0 Å². The van der Waals surface area contributed by atoms with Crippen LogP contribution in [0.5, 0.6) is 11.5 Å². The Labute approximate surface area is 231 Å². The summed E-state index contributed by atoms with van der Waals surface area (Å²) in [6.07, 6.45) is 7.41. The number of aromatic hydroxyl groups is 1. The number of carbonyl (C=O) groups is 1. The van der Waals surface area contributed by atoms with Crippen molar-refractivity contribution in [3.63, 3.8) is 0 Å². The van der Waals surface area contributed by atoms with Gasteiger partial charge in [0.15, 0.2) is 11.5 Å². The van der Waals surface area contributed by atoms with E-state index in [-0.39, 0.29) is 34.8 Å². The minimum atomic E-state index is -0.344. The topological polar surface area (TPSA) is 83.1 Å². The number of ether oxygens (including phenoxy) is 2. The van der Waals surface area contributed by atoms with E-state index in [9.17, 15) is 9.90 Å². The van der Waals surface area contributed by atoms with Gasteiger partial charge in [-0.2, -0.15) is 0 Å². The van der Waals surface area contributed by atoms with Gasteiger partial charge in [0.05, 0.1) is 0 Å². The number of likely N-dealkylation sites (tertiary alicyclic amines) is 1. The molecule has 1 spiro atoms. The minimum Gasteiger partial charge on any atom is -0.504 e. The van der Waals surface area contributed by atoms with Gasteiger partial charge in [0.2, 0.25) is 0 Å². The predicted octanol–water partition coefficient (Wildman–Crippen LogP) is 5.07. The first-order valence-corrected chi connectivity index (χ1v) is 14.8. The second-order valence-electron chi connectivity index (χ2n) is 13.1. The van der Waals surface area contributed by atoms with E-state index in [1.165, 1.54) is 30.5 Å². The monoisotopic (exact) mass is 531 g/mol. The molecule has 0 aromatic heterocycles. The van der Waals surface area contributed by atoms with Gasteiger partial charge >= 0.3 is 6.03 Å². The second-order valence-corrected chi connectivity index (χ2v) is 13.1. The third kappa shape index (κ3) is 4.20. The van der Waals surface area contributed by atoms with Crippen molar-refractivity contribution < 1.29 is 19.4 Å². The molecule has 2 heterocycles.